The van der Waals surface area contributed by atoms with Crippen LogP contribution in [0, 0.1) is 6.92 Å². The minimum absolute atomic E-state index is 0.0249. The van der Waals surface area contributed by atoms with Gasteiger partial charge in [-0.05, 0) is 25.5 Å². The molecule has 0 unspecified atom stereocenters. The molecule has 1 aromatic rings. The van der Waals surface area contributed by atoms with Crippen molar-refractivity contribution in [1.29, 1.82) is 0 Å². The Bertz CT molecular complexity index is 352. The minimum Gasteiger partial charge on any atom is -0.507 e. The van der Waals surface area contributed by atoms with E-state index in [0.29, 0.717) is 12.1 Å². The summed E-state index contributed by atoms with van der Waals surface area (Å²) in [6, 6.07) is 4.98. The summed E-state index contributed by atoms with van der Waals surface area (Å²) in [5.41, 5.74) is 1.29. The Balaban J connectivity index is 2.68. The molecule has 0 radical (unpaired) electrons. The van der Waals surface area contributed by atoms with Gasteiger partial charge >= 0.3 is 0 Å². The van der Waals surface area contributed by atoms with E-state index in [1.165, 1.54) is 6.07 Å². The first kappa shape index (κ1) is 12.0. The molecule has 0 aliphatic carbocycles. The third-order valence-corrected chi connectivity index (χ3v) is 2.55. The third-order valence-electron chi connectivity index (χ3n) is 1.99. The normalized spacial score (nSPS) is 10.0. The first-order valence-electron chi connectivity index (χ1n) is 4.79. The van der Waals surface area contributed by atoms with Crippen LogP contribution in [0.25, 0.3) is 0 Å². The Morgan fingerprint density at radius 2 is 2.27 bits per heavy atom. The molecule has 15 heavy (non-hydrogen) atoms. The Kier molecular flexibility index (Phi) is 4.62. The van der Waals surface area contributed by atoms with Crippen LogP contribution in [0.1, 0.15) is 22.3 Å². The van der Waals surface area contributed by atoms with Gasteiger partial charge in [-0.1, -0.05) is 27.6 Å². The lowest BCUT2D eigenvalue weighted by molar-refractivity contribution is 0.0951. The maximum Gasteiger partial charge on any atom is 0.255 e. The van der Waals surface area contributed by atoms with Crippen molar-refractivity contribution in [2.24, 2.45) is 0 Å². The quantitative estimate of drug-likeness (QED) is 0.652. The van der Waals surface area contributed by atoms with Crippen molar-refractivity contribution in [3.8, 4) is 5.75 Å². The van der Waals surface area contributed by atoms with Crippen LogP contribution in [0.3, 0.4) is 0 Å². The van der Waals surface area contributed by atoms with Gasteiger partial charge in [0, 0.05) is 11.9 Å². The Labute approximate surface area is 97.6 Å². The topological polar surface area (TPSA) is 49.3 Å². The van der Waals surface area contributed by atoms with Gasteiger partial charge in [0.25, 0.3) is 5.91 Å². The zero-order valence-corrected chi connectivity index (χ0v) is 10.2. The SMILES string of the molecule is Cc1ccc(O)c(C(=O)NCCCBr)c1. The summed E-state index contributed by atoms with van der Waals surface area (Å²) in [4.78, 5) is 11.6. The predicted molar refractivity (Wildman–Crippen MR) is 63.6 cm³/mol. The zero-order chi connectivity index (χ0) is 11.3. The van der Waals surface area contributed by atoms with Gasteiger partial charge < -0.3 is 10.4 Å². The minimum atomic E-state index is -0.225. The van der Waals surface area contributed by atoms with Crippen LogP contribution in [-0.4, -0.2) is 22.9 Å². The summed E-state index contributed by atoms with van der Waals surface area (Å²) < 4.78 is 0. The fourth-order valence-corrected chi connectivity index (χ4v) is 1.48. The molecule has 0 aliphatic heterocycles. The summed E-state index contributed by atoms with van der Waals surface area (Å²) in [5, 5.41) is 13.1. The molecule has 0 saturated carbocycles. The zero-order valence-electron chi connectivity index (χ0n) is 8.59. The molecule has 0 atom stereocenters. The van der Waals surface area contributed by atoms with E-state index in [4.69, 9.17) is 0 Å². The summed E-state index contributed by atoms with van der Waals surface area (Å²) in [6.45, 7) is 2.49. The van der Waals surface area contributed by atoms with Crippen LogP contribution < -0.4 is 5.32 Å². The van der Waals surface area contributed by atoms with Crippen molar-refractivity contribution in [1.82, 2.24) is 5.32 Å². The number of aryl methyl sites for hydroxylation is 1. The Hall–Kier alpha value is -1.03. The highest BCUT2D eigenvalue weighted by Crippen LogP contribution is 2.17. The van der Waals surface area contributed by atoms with Gasteiger partial charge in [-0.25, -0.2) is 0 Å². The van der Waals surface area contributed by atoms with E-state index < -0.39 is 0 Å². The lowest BCUT2D eigenvalue weighted by Gasteiger charge is -2.06. The molecule has 0 fully saturated rings. The Morgan fingerprint density at radius 3 is 2.93 bits per heavy atom. The van der Waals surface area contributed by atoms with Gasteiger partial charge in [-0.3, -0.25) is 4.79 Å². The van der Waals surface area contributed by atoms with E-state index in [0.717, 1.165) is 17.3 Å². The largest absolute Gasteiger partial charge is 0.507 e. The molecule has 4 heteroatoms. The van der Waals surface area contributed by atoms with E-state index in [2.05, 4.69) is 21.2 Å². The van der Waals surface area contributed by atoms with Crippen LogP contribution in [0.5, 0.6) is 5.75 Å². The molecule has 0 aliphatic rings. The van der Waals surface area contributed by atoms with Crippen molar-refractivity contribution < 1.29 is 9.90 Å². The molecule has 0 spiro atoms. The van der Waals surface area contributed by atoms with E-state index in [9.17, 15) is 9.90 Å². The molecular formula is C11H14BrNO2. The van der Waals surface area contributed by atoms with Gasteiger partial charge in [-0.2, -0.15) is 0 Å². The summed E-state index contributed by atoms with van der Waals surface area (Å²) >= 11 is 3.28. The number of hydrogen-bond acceptors (Lipinski definition) is 2. The van der Waals surface area contributed by atoms with Crippen molar-refractivity contribution >= 4 is 21.8 Å². The first-order chi connectivity index (χ1) is 7.15. The van der Waals surface area contributed by atoms with Gasteiger partial charge in [0.05, 0.1) is 5.56 Å². The molecule has 1 rings (SSSR count). The van der Waals surface area contributed by atoms with E-state index in [1.54, 1.807) is 12.1 Å². The number of carbonyl (C=O) groups excluding carboxylic acids is 1. The number of halogens is 1. The van der Waals surface area contributed by atoms with Crippen molar-refractivity contribution in [2.45, 2.75) is 13.3 Å². The van der Waals surface area contributed by atoms with E-state index >= 15 is 0 Å². The van der Waals surface area contributed by atoms with Crippen molar-refractivity contribution in [2.75, 3.05) is 11.9 Å². The number of carbonyl (C=O) groups is 1. The summed E-state index contributed by atoms with van der Waals surface area (Å²) in [5.74, 6) is -0.200. The monoisotopic (exact) mass is 271 g/mol. The van der Waals surface area contributed by atoms with Crippen LogP contribution in [0.2, 0.25) is 0 Å². The summed E-state index contributed by atoms with van der Waals surface area (Å²) in [6.07, 6.45) is 0.873. The lowest BCUT2D eigenvalue weighted by atomic mass is 10.1. The first-order valence-corrected chi connectivity index (χ1v) is 5.91. The standard InChI is InChI=1S/C11H14BrNO2/c1-8-3-4-10(14)9(7-8)11(15)13-6-2-5-12/h3-4,7,14H,2,5-6H2,1H3,(H,13,15). The highest BCUT2D eigenvalue weighted by Gasteiger charge is 2.09. The Morgan fingerprint density at radius 1 is 1.53 bits per heavy atom. The molecule has 82 valence electrons. The second-order valence-electron chi connectivity index (χ2n) is 3.32. The molecule has 0 aromatic heterocycles. The number of alkyl halides is 1. The van der Waals surface area contributed by atoms with Crippen LogP contribution in [0.4, 0.5) is 0 Å². The fourth-order valence-electron chi connectivity index (χ4n) is 1.20. The van der Waals surface area contributed by atoms with Gasteiger partial charge in [0.2, 0.25) is 0 Å². The highest BCUT2D eigenvalue weighted by molar-refractivity contribution is 9.09. The van der Waals surface area contributed by atoms with E-state index in [-0.39, 0.29) is 11.7 Å². The average Bonchev–Trinajstić information content (AvgIpc) is 2.22. The van der Waals surface area contributed by atoms with Crippen molar-refractivity contribution in [3.05, 3.63) is 29.3 Å². The molecule has 3 nitrogen and oxygen atoms in total. The molecule has 1 amide bonds. The maximum absolute atomic E-state index is 11.6. The summed E-state index contributed by atoms with van der Waals surface area (Å²) in [7, 11) is 0. The average molecular weight is 272 g/mol. The third kappa shape index (κ3) is 3.55. The number of nitrogens with one attached hydrogen (secondary N) is 1. The van der Waals surface area contributed by atoms with Crippen LogP contribution in [-0.2, 0) is 0 Å². The molecule has 0 bridgehead atoms. The number of phenolic OH excluding ortho intramolecular Hbond substituents is 1. The molecule has 0 heterocycles. The predicted octanol–water partition coefficient (Wildman–Crippen LogP) is 2.22. The van der Waals surface area contributed by atoms with Gasteiger partial charge in [0.1, 0.15) is 5.75 Å². The van der Waals surface area contributed by atoms with Crippen LogP contribution in [0.15, 0.2) is 18.2 Å². The maximum atomic E-state index is 11.6. The fraction of sp³-hybridized carbons (Fsp3) is 0.364. The van der Waals surface area contributed by atoms with Gasteiger partial charge in [0.15, 0.2) is 0 Å². The van der Waals surface area contributed by atoms with E-state index in [1.807, 2.05) is 6.92 Å². The molecular weight excluding hydrogens is 258 g/mol. The number of benzene rings is 1. The number of phenols is 1. The smallest absolute Gasteiger partial charge is 0.255 e. The van der Waals surface area contributed by atoms with Crippen LogP contribution >= 0.6 is 15.9 Å². The number of amides is 1. The molecule has 1 aromatic carbocycles. The number of rotatable bonds is 4. The second kappa shape index (κ2) is 5.75. The molecule has 0 saturated heterocycles. The van der Waals surface area contributed by atoms with Crippen molar-refractivity contribution in [3.63, 3.8) is 0 Å². The number of hydrogen-bond donors (Lipinski definition) is 2. The highest BCUT2D eigenvalue weighted by atomic mass is 79.9. The lowest BCUT2D eigenvalue weighted by Crippen LogP contribution is -2.24. The second-order valence-corrected chi connectivity index (χ2v) is 4.11. The molecule has 2 N–H and O–H groups in total. The van der Waals surface area contributed by atoms with Gasteiger partial charge in [-0.15, -0.1) is 0 Å². The number of aromatic hydroxyl groups is 1.